The second kappa shape index (κ2) is 4.52. The maximum atomic E-state index is 5.64. The first-order valence-electron chi connectivity index (χ1n) is 6.00. The Morgan fingerprint density at radius 2 is 1.87 bits per heavy atom. The zero-order valence-corrected chi connectivity index (χ0v) is 10.6. The number of aliphatic imine (C=N–C) groups is 1. The zero-order valence-electron chi connectivity index (χ0n) is 10.6. The molecule has 0 aromatic carbocycles. The number of nitrogens with two attached hydrogens (primary N) is 1. The second-order valence-electron chi connectivity index (χ2n) is 5.62. The first kappa shape index (κ1) is 12.5. The van der Waals surface area contributed by atoms with Crippen molar-refractivity contribution in [2.75, 3.05) is 0 Å². The van der Waals surface area contributed by atoms with Crippen LogP contribution in [0.1, 0.15) is 59.8 Å². The van der Waals surface area contributed by atoms with Crippen molar-refractivity contribution in [2.45, 2.75) is 65.3 Å². The Labute approximate surface area is 93.5 Å². The normalized spacial score (nSPS) is 21.8. The van der Waals surface area contributed by atoms with Crippen LogP contribution in [0, 0.1) is 5.41 Å². The number of amidine groups is 1. The van der Waals surface area contributed by atoms with Gasteiger partial charge in [0.25, 0.3) is 0 Å². The van der Waals surface area contributed by atoms with Crippen molar-refractivity contribution < 1.29 is 0 Å². The second-order valence-corrected chi connectivity index (χ2v) is 5.62. The minimum Gasteiger partial charge on any atom is -0.312 e. The lowest BCUT2D eigenvalue weighted by atomic mass is 9.81. The average molecular weight is 211 g/mol. The molecule has 0 atom stereocenters. The Balaban J connectivity index is 2.94. The van der Waals surface area contributed by atoms with Crippen LogP contribution in [0.3, 0.4) is 0 Å². The summed E-state index contributed by atoms with van der Waals surface area (Å²) in [6.45, 7) is 8.58. The van der Waals surface area contributed by atoms with E-state index >= 15 is 0 Å². The monoisotopic (exact) mass is 211 g/mol. The van der Waals surface area contributed by atoms with E-state index in [-0.39, 0.29) is 11.0 Å². The molecule has 1 fully saturated rings. The van der Waals surface area contributed by atoms with Crippen LogP contribution in [0.15, 0.2) is 4.99 Å². The summed E-state index contributed by atoms with van der Waals surface area (Å²) in [5.41, 5.74) is 3.02. The molecule has 0 aliphatic heterocycles. The van der Waals surface area contributed by atoms with Crippen LogP contribution in [0.4, 0.5) is 0 Å². The molecular formula is C12H25N3. The van der Waals surface area contributed by atoms with E-state index < -0.39 is 0 Å². The van der Waals surface area contributed by atoms with Gasteiger partial charge < -0.3 is 5.43 Å². The molecule has 3 heteroatoms. The van der Waals surface area contributed by atoms with Crippen molar-refractivity contribution in [3.8, 4) is 0 Å². The Morgan fingerprint density at radius 1 is 1.33 bits per heavy atom. The highest BCUT2D eigenvalue weighted by Gasteiger charge is 2.37. The lowest BCUT2D eigenvalue weighted by Crippen LogP contribution is -2.44. The van der Waals surface area contributed by atoms with Gasteiger partial charge in [-0.05, 0) is 40.0 Å². The predicted octanol–water partition coefficient (Wildman–Crippen LogP) is 2.62. The van der Waals surface area contributed by atoms with Crippen LogP contribution in [0.5, 0.6) is 0 Å². The van der Waals surface area contributed by atoms with E-state index in [1.807, 2.05) is 0 Å². The fourth-order valence-corrected chi connectivity index (χ4v) is 2.45. The van der Waals surface area contributed by atoms with Gasteiger partial charge >= 0.3 is 0 Å². The molecule has 1 saturated carbocycles. The first-order chi connectivity index (χ1) is 6.93. The van der Waals surface area contributed by atoms with Gasteiger partial charge in [-0.3, -0.25) is 4.99 Å². The Kier molecular flexibility index (Phi) is 3.77. The minimum absolute atomic E-state index is 0.0491. The molecule has 1 aliphatic rings. The van der Waals surface area contributed by atoms with E-state index in [1.165, 1.54) is 25.7 Å². The number of hydrogen-bond acceptors (Lipinski definition) is 2. The maximum absolute atomic E-state index is 5.64. The summed E-state index contributed by atoms with van der Waals surface area (Å²) in [4.78, 5) is 4.73. The van der Waals surface area contributed by atoms with E-state index in [0.29, 0.717) is 0 Å². The number of nitrogens with zero attached hydrogens (tertiary/aromatic N) is 1. The first-order valence-corrected chi connectivity index (χ1v) is 6.00. The van der Waals surface area contributed by atoms with Crippen molar-refractivity contribution >= 4 is 5.84 Å². The molecule has 0 aromatic heterocycles. The highest BCUT2D eigenvalue weighted by atomic mass is 15.3. The summed E-state index contributed by atoms with van der Waals surface area (Å²) >= 11 is 0. The Morgan fingerprint density at radius 3 is 2.20 bits per heavy atom. The molecule has 1 rings (SSSR count). The van der Waals surface area contributed by atoms with Gasteiger partial charge in [0.05, 0.1) is 5.54 Å². The summed E-state index contributed by atoms with van der Waals surface area (Å²) in [5, 5.41) is 0. The minimum atomic E-state index is -0.0491. The SMILES string of the molecule is CCC1(C(=NC(C)(C)C)NN)CCCC1. The molecule has 88 valence electrons. The van der Waals surface area contributed by atoms with E-state index in [4.69, 9.17) is 10.8 Å². The molecule has 15 heavy (non-hydrogen) atoms. The third kappa shape index (κ3) is 2.94. The van der Waals surface area contributed by atoms with Crippen LogP contribution < -0.4 is 11.3 Å². The molecule has 0 amide bonds. The van der Waals surface area contributed by atoms with Gasteiger partial charge in [-0.25, -0.2) is 5.84 Å². The van der Waals surface area contributed by atoms with Crippen molar-refractivity contribution in [3.63, 3.8) is 0 Å². The summed E-state index contributed by atoms with van der Waals surface area (Å²) in [6, 6.07) is 0. The number of rotatable bonds is 2. The molecule has 0 saturated heterocycles. The summed E-state index contributed by atoms with van der Waals surface area (Å²) in [5.74, 6) is 6.65. The largest absolute Gasteiger partial charge is 0.312 e. The van der Waals surface area contributed by atoms with Crippen molar-refractivity contribution in [1.29, 1.82) is 0 Å². The van der Waals surface area contributed by atoms with Crippen LogP contribution in [0.2, 0.25) is 0 Å². The van der Waals surface area contributed by atoms with Crippen LogP contribution >= 0.6 is 0 Å². The molecule has 0 heterocycles. The molecule has 0 radical (unpaired) electrons. The van der Waals surface area contributed by atoms with Crippen LogP contribution in [-0.4, -0.2) is 11.4 Å². The Hall–Kier alpha value is -0.570. The number of nitrogens with one attached hydrogen (secondary N) is 1. The summed E-state index contributed by atoms with van der Waals surface area (Å²) < 4.78 is 0. The fourth-order valence-electron chi connectivity index (χ4n) is 2.45. The number of hydrogen-bond donors (Lipinski definition) is 2. The summed E-state index contributed by atoms with van der Waals surface area (Å²) in [6.07, 6.45) is 6.19. The van der Waals surface area contributed by atoms with Crippen molar-refractivity contribution in [3.05, 3.63) is 0 Å². The van der Waals surface area contributed by atoms with E-state index in [0.717, 1.165) is 12.3 Å². The lowest BCUT2D eigenvalue weighted by molar-refractivity contribution is 0.396. The third-order valence-corrected chi connectivity index (χ3v) is 3.32. The van der Waals surface area contributed by atoms with E-state index in [2.05, 4.69) is 33.1 Å². The fraction of sp³-hybridized carbons (Fsp3) is 0.917. The maximum Gasteiger partial charge on any atom is 0.117 e. The highest BCUT2D eigenvalue weighted by Crippen LogP contribution is 2.42. The zero-order chi connectivity index (χ0) is 11.5. The Bertz CT molecular complexity index is 232. The van der Waals surface area contributed by atoms with Gasteiger partial charge in [0.1, 0.15) is 5.84 Å². The third-order valence-electron chi connectivity index (χ3n) is 3.32. The topological polar surface area (TPSA) is 50.4 Å². The summed E-state index contributed by atoms with van der Waals surface area (Å²) in [7, 11) is 0. The van der Waals surface area contributed by atoms with Crippen LogP contribution in [0.25, 0.3) is 0 Å². The molecule has 0 aromatic rings. The van der Waals surface area contributed by atoms with Gasteiger partial charge in [-0.2, -0.15) is 0 Å². The molecule has 0 spiro atoms. The standard InChI is InChI=1S/C12H25N3/c1-5-12(8-6-7-9-12)10(15-13)14-11(2,3)4/h5-9,13H2,1-4H3,(H,14,15). The molecule has 0 bridgehead atoms. The molecular weight excluding hydrogens is 186 g/mol. The lowest BCUT2D eigenvalue weighted by Gasteiger charge is -2.31. The smallest absolute Gasteiger partial charge is 0.117 e. The van der Waals surface area contributed by atoms with Crippen molar-refractivity contribution in [2.24, 2.45) is 16.3 Å². The quantitative estimate of drug-likeness (QED) is 0.319. The molecule has 3 nitrogen and oxygen atoms in total. The van der Waals surface area contributed by atoms with Crippen molar-refractivity contribution in [1.82, 2.24) is 5.43 Å². The van der Waals surface area contributed by atoms with Gasteiger partial charge in [0.2, 0.25) is 0 Å². The van der Waals surface area contributed by atoms with Gasteiger partial charge in [0.15, 0.2) is 0 Å². The van der Waals surface area contributed by atoms with Gasteiger partial charge in [-0.1, -0.05) is 19.8 Å². The average Bonchev–Trinajstić information content (AvgIpc) is 2.62. The van der Waals surface area contributed by atoms with Gasteiger partial charge in [0, 0.05) is 5.41 Å². The molecule has 0 unspecified atom stereocenters. The number of hydrazine groups is 1. The van der Waals surface area contributed by atoms with Crippen LogP contribution in [-0.2, 0) is 0 Å². The predicted molar refractivity (Wildman–Crippen MR) is 65.7 cm³/mol. The molecule has 1 aliphatic carbocycles. The molecule has 3 N–H and O–H groups in total. The van der Waals surface area contributed by atoms with Gasteiger partial charge in [-0.15, -0.1) is 0 Å². The van der Waals surface area contributed by atoms with E-state index in [9.17, 15) is 0 Å². The van der Waals surface area contributed by atoms with E-state index in [1.54, 1.807) is 0 Å². The highest BCUT2D eigenvalue weighted by molar-refractivity contribution is 5.88.